The number of nitrogens with zero attached hydrogens (tertiary/aromatic N) is 1. The fourth-order valence-corrected chi connectivity index (χ4v) is 1.28. The molecule has 0 amide bonds. The summed E-state index contributed by atoms with van der Waals surface area (Å²) < 4.78 is 5.14. The zero-order valence-electron chi connectivity index (χ0n) is 8.99. The maximum absolute atomic E-state index is 5.16. The summed E-state index contributed by atoms with van der Waals surface area (Å²) in [7, 11) is 1.63. The van der Waals surface area contributed by atoms with E-state index < -0.39 is 0 Å². The van der Waals surface area contributed by atoms with Crippen molar-refractivity contribution in [1.82, 2.24) is 10.3 Å². The van der Waals surface area contributed by atoms with Crippen molar-refractivity contribution >= 4 is 0 Å². The lowest BCUT2D eigenvalue weighted by Crippen LogP contribution is -2.15. The van der Waals surface area contributed by atoms with E-state index in [0.717, 1.165) is 31.5 Å². The summed E-state index contributed by atoms with van der Waals surface area (Å²) in [4.78, 5) is 4.12. The molecule has 15 heavy (non-hydrogen) atoms. The van der Waals surface area contributed by atoms with E-state index >= 15 is 0 Å². The molecular formula is C12H16N2O. The first-order valence-corrected chi connectivity index (χ1v) is 5.00. The first-order valence-electron chi connectivity index (χ1n) is 5.00. The highest BCUT2D eigenvalue weighted by molar-refractivity contribution is 5.24. The van der Waals surface area contributed by atoms with Gasteiger partial charge in [-0.2, -0.15) is 0 Å². The van der Waals surface area contributed by atoms with Gasteiger partial charge < -0.3 is 10.1 Å². The number of pyridine rings is 1. The maximum atomic E-state index is 5.16. The molecule has 1 aromatic heterocycles. The predicted molar refractivity (Wildman–Crippen MR) is 60.6 cm³/mol. The van der Waals surface area contributed by atoms with Gasteiger partial charge in [0, 0.05) is 24.7 Å². The Morgan fingerprint density at radius 2 is 2.47 bits per heavy atom. The van der Waals surface area contributed by atoms with Gasteiger partial charge in [-0.1, -0.05) is 6.07 Å². The highest BCUT2D eigenvalue weighted by atomic mass is 16.5. The molecule has 0 atom stereocenters. The fourth-order valence-electron chi connectivity index (χ4n) is 1.28. The van der Waals surface area contributed by atoms with Gasteiger partial charge in [-0.05, 0) is 19.0 Å². The molecule has 0 saturated heterocycles. The number of rotatable bonds is 6. The zero-order chi connectivity index (χ0) is 10.9. The minimum atomic E-state index is 0.682. The summed E-state index contributed by atoms with van der Waals surface area (Å²) in [6.45, 7) is 1.68. The van der Waals surface area contributed by atoms with Gasteiger partial charge in [-0.3, -0.25) is 0 Å². The topological polar surface area (TPSA) is 34.2 Å². The molecule has 0 spiro atoms. The van der Waals surface area contributed by atoms with E-state index in [1.165, 1.54) is 0 Å². The molecule has 0 aliphatic heterocycles. The van der Waals surface area contributed by atoms with Crippen LogP contribution in [0.25, 0.3) is 0 Å². The number of methoxy groups -OCH3 is 1. The Bertz CT molecular complexity index is 331. The Morgan fingerprint density at radius 1 is 1.60 bits per heavy atom. The number of terminal acetylenes is 1. The van der Waals surface area contributed by atoms with Gasteiger partial charge in [0.25, 0.3) is 0 Å². The van der Waals surface area contributed by atoms with E-state index in [1.54, 1.807) is 13.3 Å². The third-order valence-electron chi connectivity index (χ3n) is 2.03. The normalized spacial score (nSPS) is 9.60. The van der Waals surface area contributed by atoms with Crippen LogP contribution < -0.4 is 10.1 Å². The Kier molecular flexibility index (Phi) is 5.28. The molecule has 0 radical (unpaired) electrons. The second kappa shape index (κ2) is 6.86. The molecule has 0 aliphatic rings. The molecule has 0 aromatic carbocycles. The summed E-state index contributed by atoms with van der Waals surface area (Å²) in [5.41, 5.74) is 1.07. The minimum Gasteiger partial charge on any atom is -0.481 e. The van der Waals surface area contributed by atoms with Crippen molar-refractivity contribution in [3.63, 3.8) is 0 Å². The van der Waals surface area contributed by atoms with Crippen LogP contribution in [0, 0.1) is 12.3 Å². The number of aromatic nitrogens is 1. The predicted octanol–water partition coefficient (Wildman–Crippen LogP) is 1.59. The van der Waals surface area contributed by atoms with Crippen LogP contribution in [0.5, 0.6) is 5.88 Å². The van der Waals surface area contributed by atoms with E-state index in [-0.39, 0.29) is 0 Å². The standard InChI is InChI=1S/C12H16N2O/c1-3-4-5-8-13-10-11-7-6-9-14-12(11)15-2/h1,6-7,9,13H,4-5,8,10H2,2H3. The van der Waals surface area contributed by atoms with Crippen molar-refractivity contribution in [3.05, 3.63) is 23.9 Å². The molecule has 1 rings (SSSR count). The van der Waals surface area contributed by atoms with Gasteiger partial charge in [0.1, 0.15) is 0 Å². The monoisotopic (exact) mass is 204 g/mol. The summed E-state index contributed by atoms with van der Waals surface area (Å²) in [6.07, 6.45) is 8.70. The fraction of sp³-hybridized carbons (Fsp3) is 0.417. The Morgan fingerprint density at radius 3 is 3.20 bits per heavy atom. The summed E-state index contributed by atoms with van der Waals surface area (Å²) in [5.74, 6) is 3.29. The first kappa shape index (κ1) is 11.5. The van der Waals surface area contributed by atoms with Crippen molar-refractivity contribution in [1.29, 1.82) is 0 Å². The molecule has 0 saturated carbocycles. The molecule has 3 heteroatoms. The number of hydrogen-bond donors (Lipinski definition) is 1. The van der Waals surface area contributed by atoms with Gasteiger partial charge in [0.05, 0.1) is 7.11 Å². The average molecular weight is 204 g/mol. The Hall–Kier alpha value is -1.53. The molecule has 1 heterocycles. The Labute approximate surface area is 90.9 Å². The van der Waals surface area contributed by atoms with Crippen LogP contribution in [-0.4, -0.2) is 18.6 Å². The third kappa shape index (κ3) is 4.01. The highest BCUT2D eigenvalue weighted by Crippen LogP contribution is 2.12. The zero-order valence-corrected chi connectivity index (χ0v) is 8.99. The lowest BCUT2D eigenvalue weighted by molar-refractivity contribution is 0.390. The number of ether oxygens (including phenoxy) is 1. The number of unbranched alkanes of at least 4 members (excludes halogenated alkanes) is 1. The van der Waals surface area contributed by atoms with Gasteiger partial charge >= 0.3 is 0 Å². The lowest BCUT2D eigenvalue weighted by Gasteiger charge is -2.07. The SMILES string of the molecule is C#CCCCNCc1cccnc1OC. The van der Waals surface area contributed by atoms with E-state index in [2.05, 4.69) is 16.2 Å². The molecule has 80 valence electrons. The van der Waals surface area contributed by atoms with Crippen LogP contribution >= 0.6 is 0 Å². The van der Waals surface area contributed by atoms with Crippen LogP contribution in [0.3, 0.4) is 0 Å². The molecule has 1 aromatic rings. The molecule has 0 unspecified atom stereocenters. The van der Waals surface area contributed by atoms with Crippen molar-refractivity contribution < 1.29 is 4.74 Å². The van der Waals surface area contributed by atoms with Crippen molar-refractivity contribution in [2.75, 3.05) is 13.7 Å². The average Bonchev–Trinajstić information content (AvgIpc) is 2.29. The second-order valence-corrected chi connectivity index (χ2v) is 3.16. The number of nitrogens with one attached hydrogen (secondary N) is 1. The summed E-state index contributed by atoms with van der Waals surface area (Å²) >= 11 is 0. The molecule has 0 bridgehead atoms. The number of hydrogen-bond acceptors (Lipinski definition) is 3. The van der Waals surface area contributed by atoms with Gasteiger partial charge in [0.15, 0.2) is 0 Å². The molecule has 3 nitrogen and oxygen atoms in total. The van der Waals surface area contributed by atoms with E-state index in [4.69, 9.17) is 11.2 Å². The molecule has 0 fully saturated rings. The summed E-state index contributed by atoms with van der Waals surface area (Å²) in [6, 6.07) is 3.90. The first-order chi connectivity index (χ1) is 7.38. The smallest absolute Gasteiger partial charge is 0.217 e. The van der Waals surface area contributed by atoms with Crippen molar-refractivity contribution in [2.45, 2.75) is 19.4 Å². The van der Waals surface area contributed by atoms with E-state index in [9.17, 15) is 0 Å². The maximum Gasteiger partial charge on any atom is 0.217 e. The highest BCUT2D eigenvalue weighted by Gasteiger charge is 2.01. The third-order valence-corrected chi connectivity index (χ3v) is 2.03. The molecule has 0 aliphatic carbocycles. The van der Waals surface area contributed by atoms with Crippen LogP contribution in [0.4, 0.5) is 0 Å². The Balaban J connectivity index is 2.34. The van der Waals surface area contributed by atoms with Gasteiger partial charge in [0.2, 0.25) is 5.88 Å². The van der Waals surface area contributed by atoms with E-state index in [0.29, 0.717) is 5.88 Å². The lowest BCUT2D eigenvalue weighted by atomic mass is 10.2. The largest absolute Gasteiger partial charge is 0.481 e. The summed E-state index contributed by atoms with van der Waals surface area (Å²) in [5, 5.41) is 3.30. The van der Waals surface area contributed by atoms with Gasteiger partial charge in [-0.25, -0.2) is 4.98 Å². The van der Waals surface area contributed by atoms with E-state index in [1.807, 2.05) is 12.1 Å². The van der Waals surface area contributed by atoms with Crippen LogP contribution in [0.15, 0.2) is 18.3 Å². The van der Waals surface area contributed by atoms with Crippen LogP contribution in [0.1, 0.15) is 18.4 Å². The van der Waals surface area contributed by atoms with Crippen LogP contribution in [-0.2, 0) is 6.54 Å². The van der Waals surface area contributed by atoms with Gasteiger partial charge in [-0.15, -0.1) is 12.3 Å². The van der Waals surface area contributed by atoms with Crippen LogP contribution in [0.2, 0.25) is 0 Å². The molecular weight excluding hydrogens is 188 g/mol. The van der Waals surface area contributed by atoms with Crippen molar-refractivity contribution in [2.24, 2.45) is 0 Å². The quantitative estimate of drug-likeness (QED) is 0.564. The van der Waals surface area contributed by atoms with Crippen molar-refractivity contribution in [3.8, 4) is 18.2 Å². The second-order valence-electron chi connectivity index (χ2n) is 3.16. The minimum absolute atomic E-state index is 0.682. The molecule has 1 N–H and O–H groups in total.